The van der Waals surface area contributed by atoms with E-state index in [1.165, 1.54) is 16.8 Å². The highest BCUT2D eigenvalue weighted by Gasteiger charge is 2.46. The number of anilines is 2. The molecule has 2 saturated heterocycles. The number of carbonyl (C=O) groups is 1. The zero-order chi connectivity index (χ0) is 34.1. The zero-order valence-corrected chi connectivity index (χ0v) is 27.0. The van der Waals surface area contributed by atoms with Crippen LogP contribution in [0.1, 0.15) is 43.5 Å². The molecule has 6 rings (SSSR count). The first kappa shape index (κ1) is 33.1. The van der Waals surface area contributed by atoms with Crippen molar-refractivity contribution in [3.8, 4) is 28.4 Å². The van der Waals surface area contributed by atoms with Gasteiger partial charge in [-0.25, -0.2) is 4.68 Å². The van der Waals surface area contributed by atoms with Gasteiger partial charge in [0.2, 0.25) is 17.9 Å². The van der Waals surface area contributed by atoms with Crippen LogP contribution in [0, 0.1) is 12.3 Å². The Balaban J connectivity index is 1.27. The Morgan fingerprint density at radius 1 is 1.08 bits per heavy atom. The molecule has 14 heteroatoms. The summed E-state index contributed by atoms with van der Waals surface area (Å²) in [4.78, 5) is 22.6. The third-order valence-electron chi connectivity index (χ3n) is 9.03. The lowest BCUT2D eigenvalue weighted by Crippen LogP contribution is -2.41. The molecule has 0 saturated carbocycles. The highest BCUT2D eigenvalue weighted by Crippen LogP contribution is 2.43. The van der Waals surface area contributed by atoms with Crippen LogP contribution in [-0.4, -0.2) is 71.3 Å². The van der Waals surface area contributed by atoms with Crippen LogP contribution in [-0.2, 0) is 9.53 Å². The van der Waals surface area contributed by atoms with Gasteiger partial charge >= 0.3 is 12.1 Å². The monoisotopic (exact) mass is 665 g/mol. The van der Waals surface area contributed by atoms with Crippen LogP contribution in [0.2, 0.25) is 0 Å². The lowest BCUT2D eigenvalue weighted by molar-refractivity contribution is -0.198. The maximum Gasteiger partial charge on any atom is 0.429 e. The van der Waals surface area contributed by atoms with Gasteiger partial charge in [-0.15, -0.1) is 0 Å². The van der Waals surface area contributed by atoms with E-state index in [0.717, 1.165) is 18.4 Å². The second kappa shape index (κ2) is 13.3. The van der Waals surface area contributed by atoms with Crippen molar-refractivity contribution < 1.29 is 32.2 Å². The van der Waals surface area contributed by atoms with E-state index in [4.69, 9.17) is 19.9 Å². The number of hydrogen-bond acceptors (Lipinski definition) is 10. The first-order valence-corrected chi connectivity index (χ1v) is 15.8. The second-order valence-electron chi connectivity index (χ2n) is 12.2. The van der Waals surface area contributed by atoms with Gasteiger partial charge in [0.05, 0.1) is 25.1 Å². The van der Waals surface area contributed by atoms with Crippen molar-refractivity contribution in [1.29, 1.82) is 0 Å². The normalized spacial score (nSPS) is 18.1. The number of benzene rings is 2. The number of hydrogen-bond donors (Lipinski definition) is 2. The lowest BCUT2D eigenvalue weighted by Gasteiger charge is -2.39. The molecule has 0 amide bonds. The molecule has 4 aromatic rings. The molecule has 254 valence electrons. The predicted octanol–water partition coefficient (Wildman–Crippen LogP) is 5.42. The molecule has 48 heavy (non-hydrogen) atoms. The van der Waals surface area contributed by atoms with Gasteiger partial charge in [0.1, 0.15) is 17.6 Å². The van der Waals surface area contributed by atoms with Crippen molar-refractivity contribution in [3.63, 3.8) is 0 Å². The van der Waals surface area contributed by atoms with Gasteiger partial charge in [-0.05, 0) is 73.9 Å². The Bertz CT molecular complexity index is 1750. The van der Waals surface area contributed by atoms with E-state index in [1.54, 1.807) is 57.5 Å². The quantitative estimate of drug-likeness (QED) is 0.224. The molecule has 2 aliphatic heterocycles. The molecule has 0 unspecified atom stereocenters. The van der Waals surface area contributed by atoms with E-state index >= 15 is 0 Å². The summed E-state index contributed by atoms with van der Waals surface area (Å²) in [6.07, 6.45) is -3.41. The Hall–Kier alpha value is -4.85. The van der Waals surface area contributed by atoms with Gasteiger partial charge < -0.3 is 30.2 Å². The van der Waals surface area contributed by atoms with E-state index < -0.39 is 12.3 Å². The number of esters is 1. The summed E-state index contributed by atoms with van der Waals surface area (Å²) in [5.74, 6) is 0.286. The summed E-state index contributed by atoms with van der Waals surface area (Å²) in [7, 11) is 1.56. The van der Waals surface area contributed by atoms with E-state index in [2.05, 4.69) is 20.4 Å². The van der Waals surface area contributed by atoms with Gasteiger partial charge in [-0.3, -0.25) is 4.79 Å². The van der Waals surface area contributed by atoms with Gasteiger partial charge in [0.25, 0.3) is 0 Å². The summed E-state index contributed by atoms with van der Waals surface area (Å²) in [5.41, 5.74) is 8.12. The number of ether oxygens (including phenoxy) is 3. The number of methoxy groups -OCH3 is 1. The fourth-order valence-corrected chi connectivity index (χ4v) is 6.47. The topological polar surface area (TPSA) is 130 Å². The average Bonchev–Trinajstić information content (AvgIpc) is 3.69. The molecular formula is C34H38F3N7O4. The van der Waals surface area contributed by atoms with Gasteiger partial charge in [0.15, 0.2) is 0 Å². The number of aromatic nitrogens is 4. The Morgan fingerprint density at radius 3 is 2.46 bits per heavy atom. The predicted molar refractivity (Wildman–Crippen MR) is 173 cm³/mol. The first-order chi connectivity index (χ1) is 23.0. The SMILES string of the molecule is CCOC(=O)[C@@H]1CC2(CCN(c3cc(O[C@H](c4ccc(-c5ccc(OC)cc5)cc4-n4ccc(C)n4)C(F)(F)F)nc(N)n3)CC2)CN1. The number of rotatable bonds is 9. The molecule has 4 heterocycles. The summed E-state index contributed by atoms with van der Waals surface area (Å²) >= 11 is 0. The number of nitrogens with two attached hydrogens (primary N) is 1. The fraction of sp³-hybridized carbons (Fsp3) is 0.412. The van der Waals surface area contributed by atoms with Crippen molar-refractivity contribution in [2.75, 3.05) is 44.0 Å². The van der Waals surface area contributed by atoms with E-state index in [1.807, 2.05) is 17.0 Å². The molecule has 0 aliphatic carbocycles. The zero-order valence-electron chi connectivity index (χ0n) is 27.0. The summed E-state index contributed by atoms with van der Waals surface area (Å²) in [5, 5.41) is 7.69. The van der Waals surface area contributed by atoms with Gasteiger partial charge in [-0.2, -0.15) is 28.2 Å². The highest BCUT2D eigenvalue weighted by atomic mass is 19.4. The molecule has 0 bridgehead atoms. The molecule has 2 aromatic heterocycles. The molecule has 2 aromatic carbocycles. The first-order valence-electron chi connectivity index (χ1n) is 15.8. The Labute approximate surface area is 276 Å². The number of piperidine rings is 1. The third kappa shape index (κ3) is 7.03. The minimum Gasteiger partial charge on any atom is -0.497 e. The summed E-state index contributed by atoms with van der Waals surface area (Å²) in [6.45, 7) is 5.70. The number of nitrogen functional groups attached to an aromatic ring is 1. The number of alkyl halides is 3. The van der Waals surface area contributed by atoms with E-state index in [-0.39, 0.29) is 40.5 Å². The number of halogens is 3. The maximum absolute atomic E-state index is 14.9. The van der Waals surface area contributed by atoms with Crippen molar-refractivity contribution in [2.45, 2.75) is 51.4 Å². The number of aryl methyl sites for hydroxylation is 1. The van der Waals surface area contributed by atoms with Gasteiger partial charge in [0, 0.05) is 37.5 Å². The molecule has 3 N–H and O–H groups in total. The van der Waals surface area contributed by atoms with Crippen LogP contribution in [0.5, 0.6) is 11.6 Å². The molecule has 0 radical (unpaired) electrons. The largest absolute Gasteiger partial charge is 0.497 e. The number of carbonyl (C=O) groups excluding carboxylic acids is 1. The molecule has 11 nitrogen and oxygen atoms in total. The Morgan fingerprint density at radius 2 is 1.81 bits per heavy atom. The standard InChI is InChI=1S/C34H38F3N7O4/c1-4-47-31(45)26-19-33(20-39-26)12-15-43(16-13-33)28-18-29(41-32(38)40-28)48-30(34(35,36)37)25-10-7-23(22-5-8-24(46-3)9-6-22)17-27(25)44-14-11-21(2)42-44/h5-11,14,17-18,26,30,39H,4,12-13,15-16,19-20H2,1-3H3,(H2,38,40,41)/t26-,30+/m0/s1. The van der Waals surface area contributed by atoms with E-state index in [0.29, 0.717) is 55.5 Å². The highest BCUT2D eigenvalue weighted by molar-refractivity contribution is 5.76. The van der Waals surface area contributed by atoms with Crippen LogP contribution >= 0.6 is 0 Å². The summed E-state index contributed by atoms with van der Waals surface area (Å²) < 4.78 is 62.1. The summed E-state index contributed by atoms with van der Waals surface area (Å²) in [6, 6.07) is 14.7. The number of nitrogens with one attached hydrogen (secondary N) is 1. The van der Waals surface area contributed by atoms with Crippen molar-refractivity contribution >= 4 is 17.7 Å². The molecule has 2 fully saturated rings. The van der Waals surface area contributed by atoms with Crippen LogP contribution in [0.25, 0.3) is 16.8 Å². The second-order valence-corrected chi connectivity index (χ2v) is 12.2. The Kier molecular flexibility index (Phi) is 9.19. The van der Waals surface area contributed by atoms with E-state index in [9.17, 15) is 18.0 Å². The van der Waals surface area contributed by atoms with Crippen molar-refractivity contribution in [2.24, 2.45) is 5.41 Å². The molecule has 2 aliphatic rings. The molecular weight excluding hydrogens is 627 g/mol. The average molecular weight is 666 g/mol. The fourth-order valence-electron chi connectivity index (χ4n) is 6.47. The minimum atomic E-state index is -4.82. The number of nitrogens with zero attached hydrogens (tertiary/aromatic N) is 5. The maximum atomic E-state index is 14.9. The van der Waals surface area contributed by atoms with Crippen LogP contribution in [0.3, 0.4) is 0 Å². The van der Waals surface area contributed by atoms with Crippen LogP contribution < -0.4 is 25.4 Å². The third-order valence-corrected chi connectivity index (χ3v) is 9.03. The van der Waals surface area contributed by atoms with Gasteiger partial charge in [-0.1, -0.05) is 24.3 Å². The van der Waals surface area contributed by atoms with Crippen LogP contribution in [0.15, 0.2) is 60.8 Å². The van der Waals surface area contributed by atoms with Crippen molar-refractivity contribution in [3.05, 3.63) is 72.1 Å². The smallest absolute Gasteiger partial charge is 0.429 e. The molecule has 1 spiro atoms. The molecule has 2 atom stereocenters. The minimum absolute atomic E-state index is 0.0769. The van der Waals surface area contributed by atoms with Crippen molar-refractivity contribution in [1.82, 2.24) is 25.1 Å². The lowest BCUT2D eigenvalue weighted by atomic mass is 9.76. The van der Waals surface area contributed by atoms with Crippen LogP contribution in [0.4, 0.5) is 24.9 Å².